The van der Waals surface area contributed by atoms with Crippen LogP contribution in [0.25, 0.3) is 0 Å². The molecule has 0 aromatic carbocycles. The summed E-state index contributed by atoms with van der Waals surface area (Å²) in [5.74, 6) is -0.0919. The van der Waals surface area contributed by atoms with Gasteiger partial charge in [0.25, 0.3) is 0 Å². The lowest BCUT2D eigenvalue weighted by Gasteiger charge is -2.30. The molecule has 0 aliphatic carbocycles. The minimum Gasteiger partial charge on any atom is -0.461 e. The second-order valence-corrected chi connectivity index (χ2v) is 4.57. The monoisotopic (exact) mass is 266 g/mol. The molecule has 0 saturated carbocycles. The number of nitrogen functional groups attached to an aromatic ring is 1. The fourth-order valence-corrected chi connectivity index (χ4v) is 2.24. The second-order valence-electron chi connectivity index (χ2n) is 4.57. The summed E-state index contributed by atoms with van der Waals surface area (Å²) in [5.41, 5.74) is 6.08. The Morgan fingerprint density at radius 1 is 1.63 bits per heavy atom. The van der Waals surface area contributed by atoms with E-state index in [1.807, 2.05) is 0 Å². The average molecular weight is 266 g/mol. The fraction of sp³-hybridized carbons (Fsp3) is 0.583. The molecule has 0 bridgehead atoms. The van der Waals surface area contributed by atoms with Crippen molar-refractivity contribution in [1.82, 2.24) is 14.5 Å². The van der Waals surface area contributed by atoms with E-state index in [9.17, 15) is 9.59 Å². The smallest absolute Gasteiger partial charge is 0.360 e. The van der Waals surface area contributed by atoms with Crippen molar-refractivity contribution in [2.24, 2.45) is 0 Å². The predicted molar refractivity (Wildman–Crippen MR) is 68.5 cm³/mol. The van der Waals surface area contributed by atoms with Gasteiger partial charge in [0, 0.05) is 20.0 Å². The number of hydrogen-bond donors (Lipinski definition) is 1. The molecule has 1 aliphatic rings. The molecule has 7 heteroatoms. The summed E-state index contributed by atoms with van der Waals surface area (Å²) < 4.78 is 6.63. The summed E-state index contributed by atoms with van der Waals surface area (Å²) in [7, 11) is 1.76. The van der Waals surface area contributed by atoms with Crippen LogP contribution in [0.3, 0.4) is 0 Å². The molecule has 1 unspecified atom stereocenters. The molecule has 0 radical (unpaired) electrons. The average Bonchev–Trinajstić information content (AvgIpc) is 2.75. The van der Waals surface area contributed by atoms with Crippen molar-refractivity contribution in [3.8, 4) is 0 Å². The van der Waals surface area contributed by atoms with E-state index in [1.165, 1.54) is 6.33 Å². The number of likely N-dealkylation sites (N-methyl/N-ethyl adjacent to an activating group) is 1. The van der Waals surface area contributed by atoms with Gasteiger partial charge in [-0.15, -0.1) is 0 Å². The standard InChI is InChI=1S/C12H18N4O3/c1-3-19-12(18)10-11(13)16(7-14-10)8-4-5-9(17)15(2)6-8/h7-8H,3-6,13H2,1-2H3. The summed E-state index contributed by atoms with van der Waals surface area (Å²) >= 11 is 0. The molecular weight excluding hydrogens is 248 g/mol. The molecule has 1 aromatic rings. The molecule has 1 amide bonds. The van der Waals surface area contributed by atoms with E-state index in [4.69, 9.17) is 10.5 Å². The van der Waals surface area contributed by atoms with Gasteiger partial charge in [0.1, 0.15) is 5.82 Å². The molecule has 2 N–H and O–H groups in total. The van der Waals surface area contributed by atoms with Crippen LogP contribution >= 0.6 is 0 Å². The molecule has 1 atom stereocenters. The maximum absolute atomic E-state index is 11.6. The lowest BCUT2D eigenvalue weighted by atomic mass is 10.1. The molecule has 2 rings (SSSR count). The molecule has 1 aromatic heterocycles. The number of amides is 1. The van der Waals surface area contributed by atoms with E-state index in [-0.39, 0.29) is 24.2 Å². The van der Waals surface area contributed by atoms with Gasteiger partial charge in [-0.1, -0.05) is 0 Å². The Balaban J connectivity index is 2.18. The zero-order valence-electron chi connectivity index (χ0n) is 11.1. The molecule has 19 heavy (non-hydrogen) atoms. The van der Waals surface area contributed by atoms with Crippen LogP contribution in [-0.4, -0.2) is 46.5 Å². The number of imidazole rings is 1. The highest BCUT2D eigenvalue weighted by molar-refractivity contribution is 5.92. The third-order valence-corrected chi connectivity index (χ3v) is 3.30. The maximum Gasteiger partial charge on any atom is 0.360 e. The van der Waals surface area contributed by atoms with Gasteiger partial charge < -0.3 is 19.9 Å². The van der Waals surface area contributed by atoms with Gasteiger partial charge in [0.2, 0.25) is 5.91 Å². The Bertz CT molecular complexity index is 497. The van der Waals surface area contributed by atoms with Crippen molar-refractivity contribution >= 4 is 17.7 Å². The molecule has 1 fully saturated rings. The molecule has 1 saturated heterocycles. The van der Waals surface area contributed by atoms with Gasteiger partial charge in [-0.3, -0.25) is 4.79 Å². The lowest BCUT2D eigenvalue weighted by molar-refractivity contribution is -0.132. The largest absolute Gasteiger partial charge is 0.461 e. The molecule has 1 aliphatic heterocycles. The summed E-state index contributed by atoms with van der Waals surface area (Å²) in [4.78, 5) is 28.8. The Kier molecular flexibility index (Phi) is 3.73. The van der Waals surface area contributed by atoms with E-state index >= 15 is 0 Å². The van der Waals surface area contributed by atoms with E-state index < -0.39 is 5.97 Å². The zero-order chi connectivity index (χ0) is 14.0. The third kappa shape index (κ3) is 2.54. The number of carbonyl (C=O) groups excluding carboxylic acids is 2. The van der Waals surface area contributed by atoms with Crippen molar-refractivity contribution in [3.63, 3.8) is 0 Å². The van der Waals surface area contributed by atoms with E-state index in [0.29, 0.717) is 25.2 Å². The van der Waals surface area contributed by atoms with Gasteiger partial charge >= 0.3 is 5.97 Å². The molecular formula is C12H18N4O3. The first-order valence-corrected chi connectivity index (χ1v) is 6.28. The van der Waals surface area contributed by atoms with Crippen LogP contribution < -0.4 is 5.73 Å². The van der Waals surface area contributed by atoms with Gasteiger partial charge in [-0.2, -0.15) is 0 Å². The van der Waals surface area contributed by atoms with Crippen molar-refractivity contribution in [2.75, 3.05) is 25.9 Å². The lowest BCUT2D eigenvalue weighted by Crippen LogP contribution is -2.38. The summed E-state index contributed by atoms with van der Waals surface area (Å²) in [5, 5.41) is 0. The number of esters is 1. The van der Waals surface area contributed by atoms with Crippen molar-refractivity contribution < 1.29 is 14.3 Å². The first-order valence-electron chi connectivity index (χ1n) is 6.28. The Hall–Kier alpha value is -2.05. The molecule has 2 heterocycles. The minimum absolute atomic E-state index is 0.0541. The van der Waals surface area contributed by atoms with Crippen LogP contribution in [0, 0.1) is 0 Å². The Labute approximate surface area is 111 Å². The SMILES string of the molecule is CCOC(=O)c1ncn(C2CCC(=O)N(C)C2)c1N. The molecule has 104 valence electrons. The van der Waals surface area contributed by atoms with Crippen LogP contribution in [0.1, 0.15) is 36.3 Å². The highest BCUT2D eigenvalue weighted by atomic mass is 16.5. The Morgan fingerprint density at radius 3 is 3.00 bits per heavy atom. The van der Waals surface area contributed by atoms with Crippen molar-refractivity contribution in [1.29, 1.82) is 0 Å². The maximum atomic E-state index is 11.6. The zero-order valence-corrected chi connectivity index (χ0v) is 11.1. The fourth-order valence-electron chi connectivity index (χ4n) is 2.24. The number of ether oxygens (including phenoxy) is 1. The number of nitrogens with two attached hydrogens (primary N) is 1. The summed E-state index contributed by atoms with van der Waals surface area (Å²) in [6.07, 6.45) is 2.72. The van der Waals surface area contributed by atoms with Gasteiger partial charge in [-0.25, -0.2) is 9.78 Å². The van der Waals surface area contributed by atoms with Gasteiger partial charge in [-0.05, 0) is 13.3 Å². The number of aromatic nitrogens is 2. The third-order valence-electron chi connectivity index (χ3n) is 3.30. The number of hydrogen-bond acceptors (Lipinski definition) is 5. The number of carbonyl (C=O) groups is 2. The second kappa shape index (κ2) is 5.29. The highest BCUT2D eigenvalue weighted by Crippen LogP contribution is 2.25. The number of piperidine rings is 1. The van der Waals surface area contributed by atoms with Crippen LogP contribution in [0.2, 0.25) is 0 Å². The number of likely N-dealkylation sites (tertiary alicyclic amines) is 1. The van der Waals surface area contributed by atoms with E-state index in [0.717, 1.165) is 0 Å². The Morgan fingerprint density at radius 2 is 2.37 bits per heavy atom. The van der Waals surface area contributed by atoms with Crippen LogP contribution in [0.5, 0.6) is 0 Å². The summed E-state index contributed by atoms with van der Waals surface area (Å²) in [6, 6.07) is 0.0541. The molecule has 7 nitrogen and oxygen atoms in total. The quantitative estimate of drug-likeness (QED) is 0.801. The highest BCUT2D eigenvalue weighted by Gasteiger charge is 2.27. The predicted octanol–water partition coefficient (Wildman–Crippen LogP) is 0.435. The molecule has 0 spiro atoms. The van der Waals surface area contributed by atoms with Crippen LogP contribution in [-0.2, 0) is 9.53 Å². The number of anilines is 1. The summed E-state index contributed by atoms with van der Waals surface area (Å²) in [6.45, 7) is 2.58. The minimum atomic E-state index is -0.515. The van der Waals surface area contributed by atoms with Crippen LogP contribution in [0.4, 0.5) is 5.82 Å². The topological polar surface area (TPSA) is 90.4 Å². The normalized spacial score (nSPS) is 19.6. The first-order chi connectivity index (χ1) is 9.04. The first kappa shape index (κ1) is 13.4. The number of nitrogens with zero attached hydrogens (tertiary/aromatic N) is 3. The van der Waals surface area contributed by atoms with Crippen molar-refractivity contribution in [3.05, 3.63) is 12.0 Å². The van der Waals surface area contributed by atoms with Gasteiger partial charge in [0.05, 0.1) is 19.0 Å². The van der Waals surface area contributed by atoms with Crippen LogP contribution in [0.15, 0.2) is 6.33 Å². The van der Waals surface area contributed by atoms with E-state index in [1.54, 1.807) is 23.4 Å². The van der Waals surface area contributed by atoms with Gasteiger partial charge in [0.15, 0.2) is 5.69 Å². The van der Waals surface area contributed by atoms with Crippen molar-refractivity contribution in [2.45, 2.75) is 25.8 Å². The number of rotatable bonds is 3. The van der Waals surface area contributed by atoms with E-state index in [2.05, 4.69) is 4.98 Å².